The lowest BCUT2D eigenvalue weighted by atomic mass is 10.1. The Kier molecular flexibility index (Phi) is 33.3. The highest BCUT2D eigenvalue weighted by atomic mass is 31.2. The van der Waals surface area contributed by atoms with Crippen LogP contribution in [0.15, 0.2) is 85.1 Å². The summed E-state index contributed by atoms with van der Waals surface area (Å²) >= 11 is 0. The summed E-state index contributed by atoms with van der Waals surface area (Å²) in [5.41, 5.74) is 0. The molecule has 296 valence electrons. The quantitative estimate of drug-likeness (QED) is 0.0167. The lowest BCUT2D eigenvalue weighted by Crippen LogP contribution is -2.29. The molecule has 0 aliphatic rings. The summed E-state index contributed by atoms with van der Waals surface area (Å²) in [6, 6.07) is 0. The van der Waals surface area contributed by atoms with Crippen LogP contribution in [-0.4, -0.2) is 63.5 Å². The van der Waals surface area contributed by atoms with Gasteiger partial charge in [0.15, 0.2) is 6.10 Å². The Morgan fingerprint density at radius 1 is 0.635 bits per heavy atom. The van der Waals surface area contributed by atoms with E-state index >= 15 is 0 Å². The zero-order valence-electron chi connectivity index (χ0n) is 31.6. The minimum absolute atomic E-state index is 0.0195. The number of aliphatic hydroxyl groups is 2. The molecule has 0 saturated heterocycles. The minimum Gasteiger partial charge on any atom is -0.462 e. The fourth-order valence-electron chi connectivity index (χ4n) is 4.69. The van der Waals surface area contributed by atoms with Crippen LogP contribution in [0.4, 0.5) is 0 Å². The number of aliphatic hydroxyl groups excluding tert-OH is 2. The van der Waals surface area contributed by atoms with E-state index in [1.807, 2.05) is 49.5 Å². The predicted molar refractivity (Wildman–Crippen MR) is 209 cm³/mol. The molecule has 0 rings (SSSR count). The average molecular weight is 751 g/mol. The van der Waals surface area contributed by atoms with Crippen LogP contribution < -0.4 is 0 Å². The lowest BCUT2D eigenvalue weighted by Gasteiger charge is -2.18. The molecule has 0 amide bonds. The van der Waals surface area contributed by atoms with Crippen LogP contribution >= 0.6 is 7.82 Å². The zero-order valence-corrected chi connectivity index (χ0v) is 32.5. The van der Waals surface area contributed by atoms with Crippen LogP contribution in [0, 0.1) is 0 Å². The third kappa shape index (κ3) is 36.9. The minimum atomic E-state index is -4.81. The fourth-order valence-corrected chi connectivity index (χ4v) is 5.05. The van der Waals surface area contributed by atoms with Gasteiger partial charge in [0.25, 0.3) is 0 Å². The zero-order chi connectivity index (χ0) is 38.5. The van der Waals surface area contributed by atoms with Crippen molar-refractivity contribution in [1.29, 1.82) is 0 Å². The van der Waals surface area contributed by atoms with Crippen LogP contribution in [0.5, 0.6) is 0 Å². The molecule has 0 unspecified atom stereocenters. The molecule has 11 heteroatoms. The first-order valence-electron chi connectivity index (χ1n) is 19.1. The van der Waals surface area contributed by atoms with Crippen molar-refractivity contribution < 1.29 is 48.2 Å². The fraction of sp³-hybridized carbons (Fsp3) is 0.610. The number of carbonyl (C=O) groups is 2. The van der Waals surface area contributed by atoms with Crippen LogP contribution in [0.25, 0.3) is 0 Å². The number of ether oxygens (including phenoxy) is 2. The van der Waals surface area contributed by atoms with Crippen molar-refractivity contribution >= 4 is 19.8 Å². The molecule has 0 heterocycles. The van der Waals surface area contributed by atoms with Gasteiger partial charge in [-0.1, -0.05) is 137 Å². The van der Waals surface area contributed by atoms with Crippen LogP contribution in [0.2, 0.25) is 0 Å². The average Bonchev–Trinajstić information content (AvgIpc) is 3.10. The number of phosphoric acid groups is 1. The van der Waals surface area contributed by atoms with Crippen molar-refractivity contribution in [2.75, 3.05) is 13.2 Å². The molecule has 0 aromatic carbocycles. The number of unbranched alkanes of at least 4 members (excludes halogenated alkanes) is 10. The molecule has 0 bridgehead atoms. The SMILES string of the molecule is CC/C=C\C[C@H](O)/C=C/C=C\C/C=C\C=C\[C@H](O)/C=C\CCCC(=O)O[C@H](COC(=O)CCCCCCC/C=C\CCCCCC)COP(=O)(O)O. The monoisotopic (exact) mass is 750 g/mol. The second kappa shape index (κ2) is 35.2. The molecule has 0 saturated carbocycles. The molecule has 0 aliphatic heterocycles. The van der Waals surface area contributed by atoms with Crippen molar-refractivity contribution in [3.05, 3.63) is 85.1 Å². The molecule has 0 fully saturated rings. The van der Waals surface area contributed by atoms with E-state index in [4.69, 9.17) is 19.3 Å². The number of hydrogen-bond donors (Lipinski definition) is 4. The van der Waals surface area contributed by atoms with Gasteiger partial charge in [-0.25, -0.2) is 4.57 Å². The van der Waals surface area contributed by atoms with Crippen LogP contribution in [0.3, 0.4) is 0 Å². The number of allylic oxidation sites excluding steroid dienone is 10. The van der Waals surface area contributed by atoms with Gasteiger partial charge in [-0.2, -0.15) is 0 Å². The van der Waals surface area contributed by atoms with E-state index in [1.165, 1.54) is 25.7 Å². The van der Waals surface area contributed by atoms with E-state index in [9.17, 15) is 24.4 Å². The highest BCUT2D eigenvalue weighted by molar-refractivity contribution is 7.46. The van der Waals surface area contributed by atoms with Crippen molar-refractivity contribution in [2.24, 2.45) is 0 Å². The summed E-state index contributed by atoms with van der Waals surface area (Å²) in [7, 11) is -4.81. The molecule has 0 spiro atoms. The molecule has 0 aliphatic carbocycles. The van der Waals surface area contributed by atoms with Gasteiger partial charge in [-0.15, -0.1) is 0 Å². The van der Waals surface area contributed by atoms with Gasteiger partial charge in [0, 0.05) is 12.8 Å². The number of carbonyl (C=O) groups excluding carboxylic acids is 2. The van der Waals surface area contributed by atoms with E-state index in [0.29, 0.717) is 32.1 Å². The van der Waals surface area contributed by atoms with Gasteiger partial charge in [0.05, 0.1) is 18.8 Å². The van der Waals surface area contributed by atoms with E-state index in [0.717, 1.165) is 44.9 Å². The van der Waals surface area contributed by atoms with E-state index < -0.39 is 44.7 Å². The molecular weight excluding hydrogens is 683 g/mol. The molecule has 0 aromatic heterocycles. The van der Waals surface area contributed by atoms with Gasteiger partial charge in [-0.05, 0) is 64.2 Å². The Morgan fingerprint density at radius 2 is 1.25 bits per heavy atom. The Bertz CT molecular complexity index is 1150. The lowest BCUT2D eigenvalue weighted by molar-refractivity contribution is -0.161. The van der Waals surface area contributed by atoms with Gasteiger partial charge >= 0.3 is 19.8 Å². The second-order valence-corrected chi connectivity index (χ2v) is 13.8. The highest BCUT2D eigenvalue weighted by Gasteiger charge is 2.22. The summed E-state index contributed by atoms with van der Waals surface area (Å²) in [6.45, 7) is 3.29. The van der Waals surface area contributed by atoms with Crippen LogP contribution in [0.1, 0.15) is 129 Å². The highest BCUT2D eigenvalue weighted by Crippen LogP contribution is 2.35. The first-order valence-corrected chi connectivity index (χ1v) is 20.6. The van der Waals surface area contributed by atoms with Gasteiger partial charge < -0.3 is 29.5 Å². The van der Waals surface area contributed by atoms with Gasteiger partial charge in [0.1, 0.15) is 6.61 Å². The second-order valence-electron chi connectivity index (χ2n) is 12.6. The van der Waals surface area contributed by atoms with Crippen molar-refractivity contribution in [1.82, 2.24) is 0 Å². The molecule has 0 radical (unpaired) electrons. The smallest absolute Gasteiger partial charge is 0.462 e. The maximum absolute atomic E-state index is 12.4. The molecule has 3 atom stereocenters. The first-order chi connectivity index (χ1) is 25.1. The maximum atomic E-state index is 12.4. The number of phosphoric ester groups is 1. The summed E-state index contributed by atoms with van der Waals surface area (Å²) < 4.78 is 26.2. The topological polar surface area (TPSA) is 160 Å². The van der Waals surface area contributed by atoms with Crippen molar-refractivity contribution in [3.63, 3.8) is 0 Å². The summed E-state index contributed by atoms with van der Waals surface area (Å²) in [5, 5.41) is 19.9. The molecule has 0 aromatic rings. The first kappa shape index (κ1) is 49.1. The Balaban J connectivity index is 4.29. The third-order valence-electron chi connectivity index (χ3n) is 7.57. The summed E-state index contributed by atoms with van der Waals surface area (Å²) in [4.78, 5) is 42.7. The Hall–Kier alpha value is -2.85. The Morgan fingerprint density at radius 3 is 1.92 bits per heavy atom. The van der Waals surface area contributed by atoms with Gasteiger partial charge in [0.2, 0.25) is 0 Å². The largest absolute Gasteiger partial charge is 0.469 e. The van der Waals surface area contributed by atoms with Crippen molar-refractivity contribution in [2.45, 2.75) is 148 Å². The van der Waals surface area contributed by atoms with E-state index in [-0.39, 0.29) is 19.4 Å². The molecule has 10 nitrogen and oxygen atoms in total. The number of hydrogen-bond acceptors (Lipinski definition) is 8. The third-order valence-corrected chi connectivity index (χ3v) is 8.06. The van der Waals surface area contributed by atoms with Crippen LogP contribution in [-0.2, 0) is 28.2 Å². The van der Waals surface area contributed by atoms with E-state index in [2.05, 4.69) is 23.6 Å². The van der Waals surface area contributed by atoms with E-state index in [1.54, 1.807) is 30.4 Å². The molecule has 52 heavy (non-hydrogen) atoms. The standard InChI is InChI=1S/C41H67O10P/c1-3-5-7-8-9-10-11-12-13-14-18-21-27-33-40(44)49-35-39(36-50-52(46,47)48)51-41(45)34-28-22-26-32-38(43)31-25-20-17-15-16-19-24-30-37(42)29-23-6-4-2/h6,10-11,16-17,19-20,23-26,30-32,37-39,42-43H,3-5,7-9,12-15,18,21-22,27-29,33-36H2,1-2H3,(H2,46,47,48)/b11-10-,19-16-,20-17-,23-6-,30-24+,31-25+,32-26-/t37-,38-,39+/m0/s1. The Labute approximate surface area is 313 Å². The normalized spacial score (nSPS) is 14.7. The summed E-state index contributed by atoms with van der Waals surface area (Å²) in [6.07, 6.45) is 39.5. The summed E-state index contributed by atoms with van der Waals surface area (Å²) in [5.74, 6) is -1.09. The van der Waals surface area contributed by atoms with Crippen molar-refractivity contribution in [3.8, 4) is 0 Å². The molecular formula is C41H67O10P. The maximum Gasteiger partial charge on any atom is 0.469 e. The predicted octanol–water partition coefficient (Wildman–Crippen LogP) is 9.23. The number of rotatable bonds is 33. The molecule has 4 N–H and O–H groups in total. The van der Waals surface area contributed by atoms with Gasteiger partial charge in [-0.3, -0.25) is 14.1 Å². The number of esters is 2.